The number of hydrogen-bond donors (Lipinski definition) is 0. The molecular formula is C21H18N4. The van der Waals surface area contributed by atoms with E-state index in [0.29, 0.717) is 17.8 Å². The molecule has 2 heterocycles. The highest BCUT2D eigenvalue weighted by Gasteiger charge is 2.19. The highest BCUT2D eigenvalue weighted by molar-refractivity contribution is 5.76. The smallest absolute Gasteiger partial charge is 0.187 e. The van der Waals surface area contributed by atoms with E-state index >= 15 is 0 Å². The first-order valence-electron chi connectivity index (χ1n) is 8.04. The first-order chi connectivity index (χ1) is 12.0. The van der Waals surface area contributed by atoms with E-state index in [1.807, 2.05) is 45.2 Å². The summed E-state index contributed by atoms with van der Waals surface area (Å²) in [4.78, 5) is 7.78. The van der Waals surface area contributed by atoms with Crippen molar-refractivity contribution >= 4 is 5.69 Å². The Labute approximate surface area is 147 Å². The molecule has 4 heteroatoms. The summed E-state index contributed by atoms with van der Waals surface area (Å²) in [5.41, 5.74) is 7.28. The van der Waals surface area contributed by atoms with Gasteiger partial charge in [-0.1, -0.05) is 30.3 Å². The molecule has 0 atom stereocenters. The molecule has 0 aliphatic heterocycles. The van der Waals surface area contributed by atoms with Crippen molar-refractivity contribution in [1.82, 2.24) is 9.55 Å². The Morgan fingerprint density at radius 1 is 1.08 bits per heavy atom. The first-order valence-corrected chi connectivity index (χ1v) is 8.04. The molecule has 3 aromatic rings. The molecule has 0 bridgehead atoms. The summed E-state index contributed by atoms with van der Waals surface area (Å²) < 4.78 is 2.16. The molecule has 0 radical (unpaired) electrons. The third-order valence-electron chi connectivity index (χ3n) is 4.49. The molecule has 0 amide bonds. The summed E-state index contributed by atoms with van der Waals surface area (Å²) >= 11 is 0. The van der Waals surface area contributed by atoms with Crippen molar-refractivity contribution in [2.24, 2.45) is 0 Å². The van der Waals surface area contributed by atoms with Gasteiger partial charge in [-0.3, -0.25) is 4.98 Å². The van der Waals surface area contributed by atoms with Crippen LogP contribution in [0.5, 0.6) is 0 Å². The largest absolute Gasteiger partial charge is 0.343 e. The third kappa shape index (κ3) is 3.03. The standard InChI is InChI=1S/C21H18N4/c1-14-5-6-17(12-24-14)13-25-15(2)20(11-22)21(16(25)3)18-7-9-19(23-4)10-8-18/h5-10,12H,13H2,1-3H3. The van der Waals surface area contributed by atoms with Crippen molar-refractivity contribution in [1.29, 1.82) is 5.26 Å². The molecule has 1 aromatic carbocycles. The summed E-state index contributed by atoms with van der Waals surface area (Å²) in [6.45, 7) is 13.7. The van der Waals surface area contributed by atoms with Gasteiger partial charge in [0.25, 0.3) is 0 Å². The lowest BCUT2D eigenvalue weighted by atomic mass is 10.0. The van der Waals surface area contributed by atoms with Gasteiger partial charge < -0.3 is 4.57 Å². The van der Waals surface area contributed by atoms with Crippen LogP contribution in [0.15, 0.2) is 42.6 Å². The van der Waals surface area contributed by atoms with Crippen LogP contribution in [0, 0.1) is 38.7 Å². The molecule has 2 aromatic heterocycles. The van der Waals surface area contributed by atoms with Crippen molar-refractivity contribution in [2.75, 3.05) is 0 Å². The van der Waals surface area contributed by atoms with E-state index in [9.17, 15) is 5.26 Å². The lowest BCUT2D eigenvalue weighted by Crippen LogP contribution is -2.04. The molecule has 0 saturated heterocycles. The molecule has 0 aliphatic carbocycles. The van der Waals surface area contributed by atoms with Crippen LogP contribution in [0.1, 0.15) is 28.2 Å². The molecule has 0 spiro atoms. The zero-order valence-corrected chi connectivity index (χ0v) is 14.5. The van der Waals surface area contributed by atoms with E-state index in [0.717, 1.165) is 33.8 Å². The summed E-state index contributed by atoms with van der Waals surface area (Å²) in [6.07, 6.45) is 1.88. The minimum atomic E-state index is 0.599. The van der Waals surface area contributed by atoms with Crippen LogP contribution in [0.3, 0.4) is 0 Å². The Bertz CT molecular complexity index is 995. The molecule has 4 nitrogen and oxygen atoms in total. The Hall–Kier alpha value is -3.37. The van der Waals surface area contributed by atoms with Crippen LogP contribution in [0.25, 0.3) is 16.0 Å². The second-order valence-electron chi connectivity index (χ2n) is 6.09. The topological polar surface area (TPSA) is 46.0 Å². The number of nitriles is 1. The molecule has 25 heavy (non-hydrogen) atoms. The SMILES string of the molecule is [C-]#[N+]c1ccc(-c2c(C#N)c(C)n(Cc3ccc(C)nc3)c2C)cc1. The van der Waals surface area contributed by atoms with Crippen molar-refractivity contribution in [3.05, 3.63) is 82.2 Å². The minimum Gasteiger partial charge on any atom is -0.343 e. The fraction of sp³-hybridized carbons (Fsp3) is 0.190. The van der Waals surface area contributed by atoms with Gasteiger partial charge in [0.2, 0.25) is 0 Å². The molecular weight excluding hydrogens is 308 g/mol. The van der Waals surface area contributed by atoms with Gasteiger partial charge in [0, 0.05) is 35.4 Å². The number of aromatic nitrogens is 2. The molecule has 122 valence electrons. The fourth-order valence-corrected chi connectivity index (χ4v) is 3.09. The van der Waals surface area contributed by atoms with E-state index < -0.39 is 0 Å². The van der Waals surface area contributed by atoms with E-state index in [-0.39, 0.29) is 0 Å². The number of nitrogens with zero attached hydrogens (tertiary/aromatic N) is 4. The third-order valence-corrected chi connectivity index (χ3v) is 4.49. The number of benzene rings is 1. The van der Waals surface area contributed by atoms with Gasteiger partial charge in [0.1, 0.15) is 6.07 Å². The summed E-state index contributed by atoms with van der Waals surface area (Å²) in [5.74, 6) is 0. The molecule has 0 unspecified atom stereocenters. The number of aryl methyl sites for hydroxylation is 1. The van der Waals surface area contributed by atoms with Crippen LogP contribution < -0.4 is 0 Å². The zero-order valence-electron chi connectivity index (χ0n) is 14.5. The van der Waals surface area contributed by atoms with Crippen LogP contribution >= 0.6 is 0 Å². The Morgan fingerprint density at radius 2 is 1.80 bits per heavy atom. The number of pyridine rings is 1. The minimum absolute atomic E-state index is 0.599. The molecule has 0 saturated carbocycles. The normalized spacial score (nSPS) is 10.3. The zero-order chi connectivity index (χ0) is 18.0. The van der Waals surface area contributed by atoms with Crippen LogP contribution in [0.4, 0.5) is 5.69 Å². The van der Waals surface area contributed by atoms with Gasteiger partial charge in [-0.2, -0.15) is 5.26 Å². The highest BCUT2D eigenvalue weighted by atomic mass is 15.0. The van der Waals surface area contributed by atoms with E-state index in [1.165, 1.54) is 0 Å². The average Bonchev–Trinajstić information content (AvgIpc) is 2.87. The van der Waals surface area contributed by atoms with Gasteiger partial charge in [0.15, 0.2) is 5.69 Å². The molecule has 0 aliphatic rings. The van der Waals surface area contributed by atoms with Gasteiger partial charge in [-0.15, -0.1) is 0 Å². The van der Waals surface area contributed by atoms with Gasteiger partial charge >= 0.3 is 0 Å². The highest BCUT2D eigenvalue weighted by Crippen LogP contribution is 2.33. The summed E-state index contributed by atoms with van der Waals surface area (Å²) in [6, 6.07) is 13.8. The van der Waals surface area contributed by atoms with Crippen molar-refractivity contribution < 1.29 is 0 Å². The average molecular weight is 326 g/mol. The maximum absolute atomic E-state index is 9.68. The van der Waals surface area contributed by atoms with Gasteiger partial charge in [-0.25, -0.2) is 4.85 Å². The van der Waals surface area contributed by atoms with Crippen LogP contribution in [-0.4, -0.2) is 9.55 Å². The molecule has 0 N–H and O–H groups in total. The Morgan fingerprint density at radius 3 is 2.36 bits per heavy atom. The Balaban J connectivity index is 2.09. The van der Waals surface area contributed by atoms with Gasteiger partial charge in [0.05, 0.1) is 12.1 Å². The fourth-order valence-electron chi connectivity index (χ4n) is 3.09. The van der Waals surface area contributed by atoms with Crippen LogP contribution in [-0.2, 0) is 6.54 Å². The summed E-state index contributed by atoms with van der Waals surface area (Å²) in [5, 5.41) is 9.68. The first kappa shape index (κ1) is 16.5. The van der Waals surface area contributed by atoms with Crippen molar-refractivity contribution in [3.8, 4) is 17.2 Å². The lowest BCUT2D eigenvalue weighted by Gasteiger charge is -2.10. The van der Waals surface area contributed by atoms with E-state index in [1.54, 1.807) is 12.1 Å². The predicted octanol–water partition coefficient (Wildman–Crippen LogP) is 4.95. The van der Waals surface area contributed by atoms with Gasteiger partial charge in [-0.05, 0) is 38.0 Å². The second kappa shape index (κ2) is 6.63. The van der Waals surface area contributed by atoms with E-state index in [2.05, 4.69) is 26.5 Å². The number of hydrogen-bond acceptors (Lipinski definition) is 2. The predicted molar refractivity (Wildman–Crippen MR) is 98.4 cm³/mol. The van der Waals surface area contributed by atoms with Crippen molar-refractivity contribution in [2.45, 2.75) is 27.3 Å². The molecule has 3 rings (SSSR count). The van der Waals surface area contributed by atoms with Crippen LogP contribution in [0.2, 0.25) is 0 Å². The monoisotopic (exact) mass is 326 g/mol. The van der Waals surface area contributed by atoms with Crippen molar-refractivity contribution in [3.63, 3.8) is 0 Å². The Kier molecular flexibility index (Phi) is 4.37. The quantitative estimate of drug-likeness (QED) is 0.640. The maximum atomic E-state index is 9.68. The van der Waals surface area contributed by atoms with E-state index in [4.69, 9.17) is 6.57 Å². The number of rotatable bonds is 3. The lowest BCUT2D eigenvalue weighted by molar-refractivity contribution is 0.745. The second-order valence-corrected chi connectivity index (χ2v) is 6.09. The summed E-state index contributed by atoms with van der Waals surface area (Å²) in [7, 11) is 0. The maximum Gasteiger partial charge on any atom is 0.187 e. The molecule has 0 fully saturated rings.